The van der Waals surface area contributed by atoms with Gasteiger partial charge in [-0.1, -0.05) is 6.07 Å². The molecule has 2 rings (SSSR count). The number of methoxy groups -OCH3 is 1. The Balaban J connectivity index is 2.29. The molecule has 0 spiro atoms. The number of rotatable bonds is 4. The second-order valence-electron chi connectivity index (χ2n) is 3.59. The summed E-state index contributed by atoms with van der Waals surface area (Å²) >= 11 is 1.44. The first-order chi connectivity index (χ1) is 8.24. The summed E-state index contributed by atoms with van der Waals surface area (Å²) in [5.41, 5.74) is 2.03. The van der Waals surface area contributed by atoms with Gasteiger partial charge in [0.1, 0.15) is 5.75 Å². The fourth-order valence-electron chi connectivity index (χ4n) is 1.55. The van der Waals surface area contributed by atoms with Crippen LogP contribution in [0.25, 0.3) is 0 Å². The number of benzene rings is 1. The lowest BCUT2D eigenvalue weighted by molar-refractivity contribution is 0.112. The molecule has 0 amide bonds. The molecule has 0 fully saturated rings. The van der Waals surface area contributed by atoms with Crippen LogP contribution in [-0.4, -0.2) is 20.4 Å². The maximum Gasteiger partial charge on any atom is 0.160 e. The van der Waals surface area contributed by atoms with E-state index < -0.39 is 0 Å². The molecular formula is C13H13NO2S. The summed E-state index contributed by atoms with van der Waals surface area (Å²) in [6.07, 6.45) is 0.869. The van der Waals surface area contributed by atoms with E-state index in [2.05, 4.69) is 0 Å². The second-order valence-corrected chi connectivity index (χ2v) is 4.53. The van der Waals surface area contributed by atoms with Crippen molar-refractivity contribution in [2.75, 3.05) is 19.1 Å². The first-order valence-corrected chi connectivity index (χ1v) is 6.04. The lowest BCUT2D eigenvalue weighted by Crippen LogP contribution is -2.08. The largest absolute Gasteiger partial charge is 0.497 e. The van der Waals surface area contributed by atoms with Crippen molar-refractivity contribution in [2.24, 2.45) is 0 Å². The van der Waals surface area contributed by atoms with Gasteiger partial charge in [-0.05, 0) is 18.2 Å². The Bertz CT molecular complexity index is 522. The summed E-state index contributed by atoms with van der Waals surface area (Å²) < 4.78 is 5.19. The van der Waals surface area contributed by atoms with E-state index in [1.807, 2.05) is 47.7 Å². The van der Waals surface area contributed by atoms with Crippen LogP contribution < -0.4 is 9.64 Å². The van der Waals surface area contributed by atoms with Crippen molar-refractivity contribution in [2.45, 2.75) is 0 Å². The van der Waals surface area contributed by atoms with Crippen molar-refractivity contribution in [1.82, 2.24) is 0 Å². The molecule has 4 heteroatoms. The van der Waals surface area contributed by atoms with Crippen LogP contribution in [0.5, 0.6) is 5.75 Å². The van der Waals surface area contributed by atoms with Gasteiger partial charge in [0.2, 0.25) is 0 Å². The number of ether oxygens (including phenoxy) is 1. The minimum atomic E-state index is 0.731. The van der Waals surface area contributed by atoms with E-state index in [0.29, 0.717) is 0 Å². The second kappa shape index (κ2) is 5.01. The highest BCUT2D eigenvalue weighted by atomic mass is 32.1. The molecule has 3 nitrogen and oxygen atoms in total. The number of thiophene rings is 1. The summed E-state index contributed by atoms with van der Waals surface area (Å²) in [5, 5.41) is 1.96. The van der Waals surface area contributed by atoms with E-state index in [1.54, 1.807) is 7.11 Å². The fraction of sp³-hybridized carbons (Fsp3) is 0.154. The maximum absolute atomic E-state index is 10.7. The quantitative estimate of drug-likeness (QED) is 0.776. The predicted molar refractivity (Wildman–Crippen MR) is 70.8 cm³/mol. The average Bonchev–Trinajstić information content (AvgIpc) is 2.86. The highest BCUT2D eigenvalue weighted by molar-refractivity contribution is 7.12. The van der Waals surface area contributed by atoms with Crippen molar-refractivity contribution in [1.29, 1.82) is 0 Å². The van der Waals surface area contributed by atoms with Crippen LogP contribution in [0.4, 0.5) is 11.4 Å². The van der Waals surface area contributed by atoms with Crippen LogP contribution in [0, 0.1) is 0 Å². The number of carbonyl (C=O) groups is 1. The van der Waals surface area contributed by atoms with Crippen LogP contribution in [0.3, 0.4) is 0 Å². The van der Waals surface area contributed by atoms with Crippen LogP contribution >= 0.6 is 11.3 Å². The number of carbonyl (C=O) groups excluding carboxylic acids is 1. The summed E-state index contributed by atoms with van der Waals surface area (Å²) in [5.74, 6) is 0.820. The third-order valence-corrected chi connectivity index (χ3v) is 3.40. The third kappa shape index (κ3) is 2.47. The van der Waals surface area contributed by atoms with Gasteiger partial charge in [0.25, 0.3) is 0 Å². The predicted octanol–water partition coefficient (Wildman–Crippen LogP) is 3.34. The molecule has 0 N–H and O–H groups in total. The molecule has 2 aromatic rings. The Morgan fingerprint density at radius 3 is 2.76 bits per heavy atom. The molecule has 0 saturated heterocycles. The van der Waals surface area contributed by atoms with E-state index in [4.69, 9.17) is 4.74 Å². The van der Waals surface area contributed by atoms with E-state index in [0.717, 1.165) is 28.3 Å². The van der Waals surface area contributed by atoms with Crippen molar-refractivity contribution < 1.29 is 9.53 Å². The molecule has 0 aliphatic heterocycles. The number of anilines is 2. The standard InChI is InChI=1S/C13H13NO2S/c1-14(11-7-13(8-15)17-9-11)10-4-3-5-12(6-10)16-2/h3-9H,1-2H3. The Morgan fingerprint density at radius 1 is 1.29 bits per heavy atom. The average molecular weight is 247 g/mol. The summed E-state index contributed by atoms with van der Waals surface area (Å²) in [6.45, 7) is 0. The zero-order valence-electron chi connectivity index (χ0n) is 9.71. The third-order valence-electron chi connectivity index (χ3n) is 2.55. The lowest BCUT2D eigenvalue weighted by Gasteiger charge is -2.18. The Kier molecular flexibility index (Phi) is 3.44. The molecular weight excluding hydrogens is 234 g/mol. The summed E-state index contributed by atoms with van der Waals surface area (Å²) in [4.78, 5) is 13.4. The maximum atomic E-state index is 10.7. The first kappa shape index (κ1) is 11.7. The van der Waals surface area contributed by atoms with E-state index >= 15 is 0 Å². The summed E-state index contributed by atoms with van der Waals surface area (Å²) in [7, 11) is 3.61. The summed E-state index contributed by atoms with van der Waals surface area (Å²) in [6, 6.07) is 9.68. The van der Waals surface area contributed by atoms with E-state index in [1.165, 1.54) is 11.3 Å². The Hall–Kier alpha value is -1.81. The van der Waals surface area contributed by atoms with Gasteiger partial charge in [0.15, 0.2) is 6.29 Å². The van der Waals surface area contributed by atoms with Crippen LogP contribution in [-0.2, 0) is 0 Å². The molecule has 0 unspecified atom stereocenters. The molecule has 1 aromatic carbocycles. The Morgan fingerprint density at radius 2 is 2.12 bits per heavy atom. The minimum Gasteiger partial charge on any atom is -0.497 e. The lowest BCUT2D eigenvalue weighted by atomic mass is 10.2. The van der Waals surface area contributed by atoms with Gasteiger partial charge < -0.3 is 9.64 Å². The molecule has 0 aliphatic carbocycles. The van der Waals surface area contributed by atoms with Crippen LogP contribution in [0.15, 0.2) is 35.7 Å². The van der Waals surface area contributed by atoms with Gasteiger partial charge in [-0.3, -0.25) is 4.79 Å². The number of hydrogen-bond acceptors (Lipinski definition) is 4. The Labute approximate surface area is 104 Å². The number of hydrogen-bond donors (Lipinski definition) is 0. The van der Waals surface area contributed by atoms with Gasteiger partial charge in [0.05, 0.1) is 17.7 Å². The van der Waals surface area contributed by atoms with Gasteiger partial charge >= 0.3 is 0 Å². The molecule has 0 aliphatic rings. The topological polar surface area (TPSA) is 29.5 Å². The smallest absolute Gasteiger partial charge is 0.160 e. The molecule has 88 valence electrons. The minimum absolute atomic E-state index is 0.731. The van der Waals surface area contributed by atoms with Crippen molar-refractivity contribution in [3.05, 3.63) is 40.6 Å². The molecule has 0 atom stereocenters. The van der Waals surface area contributed by atoms with Crippen LogP contribution in [0.1, 0.15) is 9.67 Å². The van der Waals surface area contributed by atoms with Crippen molar-refractivity contribution in [3.63, 3.8) is 0 Å². The van der Waals surface area contributed by atoms with Gasteiger partial charge in [0, 0.05) is 24.2 Å². The van der Waals surface area contributed by atoms with Crippen LogP contribution in [0.2, 0.25) is 0 Å². The highest BCUT2D eigenvalue weighted by Gasteiger charge is 2.07. The number of nitrogens with zero attached hydrogens (tertiary/aromatic N) is 1. The van der Waals surface area contributed by atoms with E-state index in [9.17, 15) is 4.79 Å². The monoisotopic (exact) mass is 247 g/mol. The SMILES string of the molecule is COc1cccc(N(C)c2csc(C=O)c2)c1. The van der Waals surface area contributed by atoms with Gasteiger partial charge in [-0.2, -0.15) is 0 Å². The van der Waals surface area contributed by atoms with Crippen molar-refractivity contribution in [3.8, 4) is 5.75 Å². The van der Waals surface area contributed by atoms with E-state index in [-0.39, 0.29) is 0 Å². The van der Waals surface area contributed by atoms with Gasteiger partial charge in [-0.25, -0.2) is 0 Å². The first-order valence-electron chi connectivity index (χ1n) is 5.16. The molecule has 0 radical (unpaired) electrons. The fourth-order valence-corrected chi connectivity index (χ4v) is 2.28. The molecule has 0 bridgehead atoms. The molecule has 1 aromatic heterocycles. The van der Waals surface area contributed by atoms with Gasteiger partial charge in [-0.15, -0.1) is 11.3 Å². The molecule has 1 heterocycles. The zero-order chi connectivity index (χ0) is 12.3. The van der Waals surface area contributed by atoms with Crippen molar-refractivity contribution >= 4 is 29.0 Å². The molecule has 17 heavy (non-hydrogen) atoms. The molecule has 0 saturated carbocycles. The number of aldehydes is 1. The highest BCUT2D eigenvalue weighted by Crippen LogP contribution is 2.29. The normalized spacial score (nSPS) is 10.0. The zero-order valence-corrected chi connectivity index (χ0v) is 10.5.